The summed E-state index contributed by atoms with van der Waals surface area (Å²) in [5.41, 5.74) is 2.45. The van der Waals surface area contributed by atoms with Crippen molar-refractivity contribution in [3.05, 3.63) is 54.4 Å². The van der Waals surface area contributed by atoms with Gasteiger partial charge < -0.3 is 9.80 Å². The molecule has 0 aliphatic carbocycles. The van der Waals surface area contributed by atoms with Gasteiger partial charge in [-0.05, 0) is 37.1 Å². The van der Waals surface area contributed by atoms with E-state index in [-0.39, 0.29) is 5.91 Å². The van der Waals surface area contributed by atoms with Crippen LogP contribution in [0.4, 0.5) is 11.4 Å². The smallest absolute Gasteiger partial charge is 0.276 e. The number of hydrogen-bond acceptors (Lipinski definition) is 3. The van der Waals surface area contributed by atoms with Crippen molar-refractivity contribution in [2.24, 2.45) is 0 Å². The highest BCUT2D eigenvalue weighted by molar-refractivity contribution is 6.04. The molecular weight excluding hydrogens is 262 g/mol. The molecule has 2 heterocycles. The zero-order valence-electron chi connectivity index (χ0n) is 12.2. The highest BCUT2D eigenvalue weighted by atomic mass is 16.2. The standard InChI is InChI=1S/C17H19N3O/c1-19(14-7-3-2-4-8-14)17(21)16-13-15(9-10-18-16)20-11-5-6-12-20/h2-4,7-10,13H,5-6,11-12H2,1H3. The van der Waals surface area contributed by atoms with E-state index in [0.717, 1.165) is 24.5 Å². The number of nitrogens with zero attached hydrogens (tertiary/aromatic N) is 3. The van der Waals surface area contributed by atoms with Gasteiger partial charge in [-0.1, -0.05) is 18.2 Å². The number of carbonyl (C=O) groups excluding carboxylic acids is 1. The van der Waals surface area contributed by atoms with Crippen LogP contribution in [-0.2, 0) is 0 Å². The normalized spacial score (nSPS) is 14.2. The molecule has 0 N–H and O–H groups in total. The Labute approximate surface area is 125 Å². The van der Waals surface area contributed by atoms with Crippen molar-refractivity contribution in [3.8, 4) is 0 Å². The van der Waals surface area contributed by atoms with E-state index in [1.807, 2.05) is 42.5 Å². The second kappa shape index (κ2) is 5.95. The van der Waals surface area contributed by atoms with Crippen LogP contribution in [0, 0.1) is 0 Å². The minimum absolute atomic E-state index is 0.0813. The van der Waals surface area contributed by atoms with Crippen molar-refractivity contribution < 1.29 is 4.79 Å². The number of para-hydroxylation sites is 1. The van der Waals surface area contributed by atoms with E-state index >= 15 is 0 Å². The molecule has 108 valence electrons. The predicted molar refractivity (Wildman–Crippen MR) is 84.9 cm³/mol. The predicted octanol–water partition coefficient (Wildman–Crippen LogP) is 2.96. The average Bonchev–Trinajstić information content (AvgIpc) is 3.09. The van der Waals surface area contributed by atoms with Gasteiger partial charge in [0.1, 0.15) is 5.69 Å². The molecule has 1 aliphatic heterocycles. The van der Waals surface area contributed by atoms with E-state index < -0.39 is 0 Å². The number of rotatable bonds is 3. The van der Waals surface area contributed by atoms with E-state index in [1.165, 1.54) is 12.8 Å². The van der Waals surface area contributed by atoms with Gasteiger partial charge in [0.2, 0.25) is 0 Å². The molecule has 4 heteroatoms. The molecule has 1 aromatic carbocycles. The Morgan fingerprint density at radius 1 is 1.14 bits per heavy atom. The highest BCUT2D eigenvalue weighted by Gasteiger charge is 2.18. The van der Waals surface area contributed by atoms with Gasteiger partial charge in [-0.25, -0.2) is 0 Å². The first-order chi connectivity index (χ1) is 10.3. The minimum atomic E-state index is -0.0813. The fourth-order valence-electron chi connectivity index (χ4n) is 2.65. The lowest BCUT2D eigenvalue weighted by Crippen LogP contribution is -2.27. The number of benzene rings is 1. The zero-order chi connectivity index (χ0) is 14.7. The van der Waals surface area contributed by atoms with Crippen LogP contribution in [-0.4, -0.2) is 31.0 Å². The lowest BCUT2D eigenvalue weighted by atomic mass is 10.2. The van der Waals surface area contributed by atoms with Gasteiger partial charge in [-0.3, -0.25) is 9.78 Å². The van der Waals surface area contributed by atoms with Crippen molar-refractivity contribution in [1.82, 2.24) is 4.98 Å². The molecule has 2 aromatic rings. The first-order valence-corrected chi connectivity index (χ1v) is 7.30. The van der Waals surface area contributed by atoms with E-state index in [9.17, 15) is 4.79 Å². The van der Waals surface area contributed by atoms with E-state index in [0.29, 0.717) is 5.69 Å². The van der Waals surface area contributed by atoms with Crippen LogP contribution in [0.5, 0.6) is 0 Å². The molecule has 1 aromatic heterocycles. The van der Waals surface area contributed by atoms with Crippen LogP contribution in [0.3, 0.4) is 0 Å². The summed E-state index contributed by atoms with van der Waals surface area (Å²) in [6.07, 6.45) is 4.16. The van der Waals surface area contributed by atoms with Crippen LogP contribution in [0.2, 0.25) is 0 Å². The van der Waals surface area contributed by atoms with Gasteiger partial charge in [0.15, 0.2) is 0 Å². The van der Waals surface area contributed by atoms with Gasteiger partial charge in [0.05, 0.1) is 0 Å². The van der Waals surface area contributed by atoms with Crippen molar-refractivity contribution in [2.45, 2.75) is 12.8 Å². The average molecular weight is 281 g/mol. The summed E-state index contributed by atoms with van der Waals surface area (Å²) in [5.74, 6) is -0.0813. The highest BCUT2D eigenvalue weighted by Crippen LogP contribution is 2.21. The Bertz CT molecular complexity index is 621. The summed E-state index contributed by atoms with van der Waals surface area (Å²) in [4.78, 5) is 20.7. The first-order valence-electron chi connectivity index (χ1n) is 7.30. The summed E-state index contributed by atoms with van der Waals surface area (Å²) in [6.45, 7) is 2.12. The molecule has 21 heavy (non-hydrogen) atoms. The maximum Gasteiger partial charge on any atom is 0.276 e. The number of aromatic nitrogens is 1. The fourth-order valence-corrected chi connectivity index (χ4v) is 2.65. The molecule has 0 saturated carbocycles. The largest absolute Gasteiger partial charge is 0.371 e. The Kier molecular flexibility index (Phi) is 3.86. The molecule has 0 unspecified atom stereocenters. The molecule has 0 spiro atoms. The fraction of sp³-hybridized carbons (Fsp3) is 0.294. The number of amides is 1. The summed E-state index contributed by atoms with van der Waals surface area (Å²) in [6, 6.07) is 13.5. The van der Waals surface area contributed by atoms with E-state index in [1.54, 1.807) is 18.1 Å². The second-order valence-corrected chi connectivity index (χ2v) is 5.29. The third kappa shape index (κ3) is 2.89. The summed E-state index contributed by atoms with van der Waals surface area (Å²) < 4.78 is 0. The third-order valence-electron chi connectivity index (χ3n) is 3.88. The first kappa shape index (κ1) is 13.6. The monoisotopic (exact) mass is 281 g/mol. The SMILES string of the molecule is CN(C(=O)c1cc(N2CCCC2)ccn1)c1ccccc1. The molecule has 1 aliphatic rings. The Morgan fingerprint density at radius 2 is 1.86 bits per heavy atom. The van der Waals surface area contributed by atoms with Crippen molar-refractivity contribution in [3.63, 3.8) is 0 Å². The van der Waals surface area contributed by atoms with Gasteiger partial charge in [-0.15, -0.1) is 0 Å². The molecule has 0 bridgehead atoms. The summed E-state index contributed by atoms with van der Waals surface area (Å²) >= 11 is 0. The lowest BCUT2D eigenvalue weighted by Gasteiger charge is -2.20. The Balaban J connectivity index is 1.83. The Hall–Kier alpha value is -2.36. The van der Waals surface area contributed by atoms with Gasteiger partial charge in [0.25, 0.3) is 5.91 Å². The van der Waals surface area contributed by atoms with Crippen LogP contribution >= 0.6 is 0 Å². The van der Waals surface area contributed by atoms with Crippen LogP contribution in [0.25, 0.3) is 0 Å². The minimum Gasteiger partial charge on any atom is -0.371 e. The topological polar surface area (TPSA) is 36.4 Å². The molecule has 3 rings (SSSR count). The molecule has 4 nitrogen and oxygen atoms in total. The van der Waals surface area contributed by atoms with Crippen LogP contribution < -0.4 is 9.80 Å². The number of pyridine rings is 1. The van der Waals surface area contributed by atoms with Gasteiger partial charge in [0, 0.05) is 37.7 Å². The van der Waals surface area contributed by atoms with E-state index in [2.05, 4.69) is 9.88 Å². The maximum atomic E-state index is 12.6. The molecule has 0 atom stereocenters. The van der Waals surface area contributed by atoms with Crippen molar-refractivity contribution in [1.29, 1.82) is 0 Å². The van der Waals surface area contributed by atoms with Crippen LogP contribution in [0.1, 0.15) is 23.3 Å². The van der Waals surface area contributed by atoms with Crippen molar-refractivity contribution in [2.75, 3.05) is 29.9 Å². The number of anilines is 2. The number of carbonyl (C=O) groups is 1. The molecular formula is C17H19N3O. The third-order valence-corrected chi connectivity index (χ3v) is 3.88. The summed E-state index contributed by atoms with van der Waals surface area (Å²) in [5, 5.41) is 0. The second-order valence-electron chi connectivity index (χ2n) is 5.29. The van der Waals surface area contributed by atoms with Crippen molar-refractivity contribution >= 4 is 17.3 Å². The number of hydrogen-bond donors (Lipinski definition) is 0. The van der Waals surface area contributed by atoms with Gasteiger partial charge in [-0.2, -0.15) is 0 Å². The zero-order valence-corrected chi connectivity index (χ0v) is 12.2. The van der Waals surface area contributed by atoms with Crippen LogP contribution in [0.15, 0.2) is 48.7 Å². The molecule has 1 fully saturated rings. The molecule has 1 amide bonds. The molecule has 0 radical (unpaired) electrons. The van der Waals surface area contributed by atoms with Gasteiger partial charge >= 0.3 is 0 Å². The van der Waals surface area contributed by atoms with E-state index in [4.69, 9.17) is 0 Å². The lowest BCUT2D eigenvalue weighted by molar-refractivity contribution is 0.0988. The molecule has 1 saturated heterocycles. The Morgan fingerprint density at radius 3 is 2.57 bits per heavy atom. The maximum absolute atomic E-state index is 12.6. The summed E-state index contributed by atoms with van der Waals surface area (Å²) in [7, 11) is 1.78. The quantitative estimate of drug-likeness (QED) is 0.868.